The highest BCUT2D eigenvalue weighted by atomic mass is 16.7. The highest BCUT2D eigenvalue weighted by Crippen LogP contribution is 2.36. The zero-order chi connectivity index (χ0) is 20.5. The number of carbonyl (C=O) groups excluding carboxylic acids is 1. The lowest BCUT2D eigenvalue weighted by Gasteiger charge is -2.24. The van der Waals surface area contributed by atoms with Crippen LogP contribution in [0.3, 0.4) is 0 Å². The van der Waals surface area contributed by atoms with Gasteiger partial charge in [0, 0.05) is 5.69 Å². The van der Waals surface area contributed by atoms with Gasteiger partial charge in [0.15, 0.2) is 17.2 Å². The van der Waals surface area contributed by atoms with Crippen molar-refractivity contribution in [3.8, 4) is 17.2 Å². The Labute approximate surface area is 173 Å². The molecule has 154 valence electrons. The van der Waals surface area contributed by atoms with E-state index in [4.69, 9.17) is 18.9 Å². The Bertz CT molecular complexity index is 1080. The molecule has 1 aromatic heterocycles. The first-order chi connectivity index (χ1) is 14.7. The number of rotatable bonds is 5. The van der Waals surface area contributed by atoms with Crippen molar-refractivity contribution in [3.05, 3.63) is 65.5 Å². The van der Waals surface area contributed by atoms with Gasteiger partial charge in [0.05, 0.1) is 25.5 Å². The van der Waals surface area contributed by atoms with Crippen molar-refractivity contribution in [3.63, 3.8) is 0 Å². The second-order valence-electron chi connectivity index (χ2n) is 7.03. The highest BCUT2D eigenvalue weighted by molar-refractivity contribution is 6.02. The Kier molecular flexibility index (Phi) is 4.76. The van der Waals surface area contributed by atoms with Gasteiger partial charge < -0.3 is 24.3 Å². The molecule has 2 aromatic carbocycles. The van der Waals surface area contributed by atoms with Gasteiger partial charge >= 0.3 is 0 Å². The number of aromatic nitrogens is 2. The standard InChI is InChI=1S/C22H21N3O5/c1-2-27-17-6-4-15(5-7-17)23-22(26)18-10-16-12-28-21(11-25(16)24-18)14-3-8-19-20(9-14)30-13-29-19/h3-10,21H,2,11-13H2,1H3,(H,23,26)/t21-/m1/s1. The van der Waals surface area contributed by atoms with Crippen LogP contribution >= 0.6 is 0 Å². The van der Waals surface area contributed by atoms with Crippen LogP contribution in [-0.4, -0.2) is 29.1 Å². The number of amides is 1. The Morgan fingerprint density at radius 2 is 2.00 bits per heavy atom. The predicted octanol–water partition coefficient (Wildman–Crippen LogP) is 3.53. The van der Waals surface area contributed by atoms with E-state index in [1.165, 1.54) is 0 Å². The molecular formula is C22H21N3O5. The minimum atomic E-state index is -0.263. The quantitative estimate of drug-likeness (QED) is 0.697. The minimum Gasteiger partial charge on any atom is -0.494 e. The lowest BCUT2D eigenvalue weighted by molar-refractivity contribution is -0.00127. The summed E-state index contributed by atoms with van der Waals surface area (Å²) in [7, 11) is 0. The summed E-state index contributed by atoms with van der Waals surface area (Å²) in [5.41, 5.74) is 2.89. The van der Waals surface area contributed by atoms with E-state index in [1.807, 2.05) is 41.9 Å². The fourth-order valence-corrected chi connectivity index (χ4v) is 3.55. The molecule has 0 spiro atoms. The van der Waals surface area contributed by atoms with Gasteiger partial charge in [-0.15, -0.1) is 0 Å². The van der Waals surface area contributed by atoms with Gasteiger partial charge in [-0.05, 0) is 55.0 Å². The van der Waals surface area contributed by atoms with E-state index in [0.29, 0.717) is 31.1 Å². The topological polar surface area (TPSA) is 83.8 Å². The van der Waals surface area contributed by atoms with Crippen LogP contribution in [0.2, 0.25) is 0 Å². The molecule has 30 heavy (non-hydrogen) atoms. The van der Waals surface area contributed by atoms with Crippen LogP contribution in [0.4, 0.5) is 5.69 Å². The van der Waals surface area contributed by atoms with Gasteiger partial charge in [0.25, 0.3) is 5.91 Å². The van der Waals surface area contributed by atoms with Gasteiger partial charge in [-0.3, -0.25) is 9.48 Å². The molecule has 8 heteroatoms. The molecule has 8 nitrogen and oxygen atoms in total. The van der Waals surface area contributed by atoms with Gasteiger partial charge in [0.1, 0.15) is 11.9 Å². The maximum absolute atomic E-state index is 12.6. The molecule has 5 rings (SSSR count). The number of hydrogen-bond donors (Lipinski definition) is 1. The summed E-state index contributed by atoms with van der Waals surface area (Å²) in [5, 5.41) is 7.35. The van der Waals surface area contributed by atoms with Crippen LogP contribution in [-0.2, 0) is 17.9 Å². The highest BCUT2D eigenvalue weighted by Gasteiger charge is 2.26. The third-order valence-corrected chi connectivity index (χ3v) is 5.06. The Morgan fingerprint density at radius 3 is 2.83 bits per heavy atom. The third-order valence-electron chi connectivity index (χ3n) is 5.06. The first-order valence-corrected chi connectivity index (χ1v) is 9.81. The number of anilines is 1. The zero-order valence-corrected chi connectivity index (χ0v) is 16.5. The lowest BCUT2D eigenvalue weighted by Crippen LogP contribution is -2.22. The summed E-state index contributed by atoms with van der Waals surface area (Å²) in [5.74, 6) is 1.96. The first kappa shape index (κ1) is 18.5. The smallest absolute Gasteiger partial charge is 0.276 e. The van der Waals surface area contributed by atoms with Gasteiger partial charge in [-0.2, -0.15) is 5.10 Å². The molecule has 1 atom stereocenters. The van der Waals surface area contributed by atoms with E-state index in [-0.39, 0.29) is 18.8 Å². The average molecular weight is 407 g/mol. The zero-order valence-electron chi connectivity index (χ0n) is 16.5. The molecule has 0 fully saturated rings. The maximum atomic E-state index is 12.6. The number of nitrogens with zero attached hydrogens (tertiary/aromatic N) is 2. The summed E-state index contributed by atoms with van der Waals surface area (Å²) in [4.78, 5) is 12.6. The molecule has 2 aliphatic heterocycles. The fraction of sp³-hybridized carbons (Fsp3) is 0.273. The van der Waals surface area contributed by atoms with E-state index in [1.54, 1.807) is 18.2 Å². The molecule has 0 aliphatic carbocycles. The summed E-state index contributed by atoms with van der Waals surface area (Å²) in [6.45, 7) is 3.66. The van der Waals surface area contributed by atoms with E-state index in [2.05, 4.69) is 10.4 Å². The third kappa shape index (κ3) is 3.57. The van der Waals surface area contributed by atoms with Crippen LogP contribution < -0.4 is 19.5 Å². The Balaban J connectivity index is 1.28. The molecule has 3 aromatic rings. The van der Waals surface area contributed by atoms with Gasteiger partial charge in [-0.25, -0.2) is 0 Å². The van der Waals surface area contributed by atoms with Crippen LogP contribution in [0.5, 0.6) is 17.2 Å². The van der Waals surface area contributed by atoms with E-state index in [9.17, 15) is 4.79 Å². The van der Waals surface area contributed by atoms with Crippen molar-refractivity contribution < 1.29 is 23.7 Å². The summed E-state index contributed by atoms with van der Waals surface area (Å²) in [6.07, 6.45) is -0.172. The summed E-state index contributed by atoms with van der Waals surface area (Å²) >= 11 is 0. The monoisotopic (exact) mass is 407 g/mol. The SMILES string of the molecule is CCOc1ccc(NC(=O)c2cc3n(n2)C[C@H](c2ccc4c(c2)OCO4)OC3)cc1. The van der Waals surface area contributed by atoms with Crippen molar-refractivity contribution in [2.75, 3.05) is 18.7 Å². The summed E-state index contributed by atoms with van der Waals surface area (Å²) in [6, 6.07) is 14.8. The Morgan fingerprint density at radius 1 is 1.17 bits per heavy atom. The normalized spacial score (nSPS) is 16.8. The van der Waals surface area contributed by atoms with Crippen molar-refractivity contribution >= 4 is 11.6 Å². The van der Waals surface area contributed by atoms with Gasteiger partial charge in [0.2, 0.25) is 6.79 Å². The second-order valence-corrected chi connectivity index (χ2v) is 7.03. The molecule has 0 bridgehead atoms. The maximum Gasteiger partial charge on any atom is 0.276 e. The number of hydrogen-bond acceptors (Lipinski definition) is 6. The second kappa shape index (κ2) is 7.72. The van der Waals surface area contributed by atoms with Crippen LogP contribution in [0.25, 0.3) is 0 Å². The molecule has 1 N–H and O–H groups in total. The van der Waals surface area contributed by atoms with Crippen molar-refractivity contribution in [1.82, 2.24) is 9.78 Å². The largest absolute Gasteiger partial charge is 0.494 e. The van der Waals surface area contributed by atoms with Crippen molar-refractivity contribution in [2.24, 2.45) is 0 Å². The van der Waals surface area contributed by atoms with Crippen molar-refractivity contribution in [2.45, 2.75) is 26.2 Å². The number of fused-ring (bicyclic) bond motifs is 2. The average Bonchev–Trinajstić information content (AvgIpc) is 3.41. The minimum absolute atomic E-state index is 0.172. The first-order valence-electron chi connectivity index (χ1n) is 9.81. The summed E-state index contributed by atoms with van der Waals surface area (Å²) < 4.78 is 24.1. The van der Waals surface area contributed by atoms with Crippen LogP contribution in [0.1, 0.15) is 34.8 Å². The van der Waals surface area contributed by atoms with Crippen LogP contribution in [0, 0.1) is 0 Å². The molecule has 2 aliphatic rings. The molecule has 0 saturated carbocycles. The van der Waals surface area contributed by atoms with Gasteiger partial charge in [-0.1, -0.05) is 6.07 Å². The number of carbonyl (C=O) groups is 1. The molecule has 0 radical (unpaired) electrons. The number of ether oxygens (including phenoxy) is 4. The number of nitrogens with one attached hydrogen (secondary N) is 1. The van der Waals surface area contributed by atoms with E-state index >= 15 is 0 Å². The predicted molar refractivity (Wildman–Crippen MR) is 108 cm³/mol. The fourth-order valence-electron chi connectivity index (χ4n) is 3.55. The van der Waals surface area contributed by atoms with Crippen LogP contribution in [0.15, 0.2) is 48.5 Å². The Hall–Kier alpha value is -3.52. The molecule has 0 saturated heterocycles. The number of benzene rings is 2. The molecule has 1 amide bonds. The van der Waals surface area contributed by atoms with E-state index in [0.717, 1.165) is 28.5 Å². The molecule has 3 heterocycles. The van der Waals surface area contributed by atoms with Crippen molar-refractivity contribution in [1.29, 1.82) is 0 Å². The molecule has 0 unspecified atom stereocenters. The molecular weight excluding hydrogens is 386 g/mol. The van der Waals surface area contributed by atoms with E-state index < -0.39 is 0 Å². The lowest BCUT2D eigenvalue weighted by atomic mass is 10.1.